The van der Waals surface area contributed by atoms with Crippen LogP contribution in [0, 0.1) is 0 Å². The number of nitrogens with one attached hydrogen (secondary N) is 4. The highest BCUT2D eigenvalue weighted by Gasteiger charge is 2.42. The molecule has 0 saturated carbocycles. The van der Waals surface area contributed by atoms with Crippen molar-refractivity contribution < 1.29 is 42.7 Å². The van der Waals surface area contributed by atoms with Crippen molar-refractivity contribution in [3.05, 3.63) is 0 Å². The van der Waals surface area contributed by atoms with Crippen LogP contribution < -0.4 is 21.3 Å². The molecule has 0 fully saturated rings. The quantitative estimate of drug-likeness (QED) is 0.0498. The van der Waals surface area contributed by atoms with Gasteiger partial charge >= 0.3 is 12.1 Å². The number of hydrogen-bond donors (Lipinski definition) is 5. The van der Waals surface area contributed by atoms with Crippen LogP contribution in [0.15, 0.2) is 0 Å². The van der Waals surface area contributed by atoms with Crippen LogP contribution in [0.25, 0.3) is 0 Å². The average molecular weight is 649 g/mol. The molecule has 4 N–H and O–H groups in total. The predicted molar refractivity (Wildman–Crippen MR) is 172 cm³/mol. The highest BCUT2D eigenvalue weighted by atomic mass is 32.1. The highest BCUT2D eigenvalue weighted by molar-refractivity contribution is 7.81. The number of hydrogen-bond acceptors (Lipinski definition) is 9. The molecule has 0 spiro atoms. The van der Waals surface area contributed by atoms with Gasteiger partial charge in [-0.3, -0.25) is 14.4 Å². The van der Waals surface area contributed by atoms with E-state index >= 15 is 0 Å². The Bertz CT molecular complexity index is 990. The lowest BCUT2D eigenvalue weighted by molar-refractivity contribution is -0.734. The number of urea groups is 1. The maximum atomic E-state index is 12.9. The molecular weight excluding hydrogens is 590 g/mol. The number of amides is 6. The second kappa shape index (κ2) is 16.8. The van der Waals surface area contributed by atoms with Crippen LogP contribution >= 0.6 is 12.6 Å². The highest BCUT2D eigenvalue weighted by Crippen LogP contribution is 2.23. The van der Waals surface area contributed by atoms with E-state index in [4.69, 9.17) is 14.2 Å². The van der Waals surface area contributed by atoms with Gasteiger partial charge in [-0.15, -0.1) is 4.48 Å². The Kier molecular flexibility index (Phi) is 15.8. The first kappa shape index (κ1) is 41.6. The maximum absolute atomic E-state index is 12.9. The first-order valence-corrected chi connectivity index (χ1v) is 15.3. The van der Waals surface area contributed by atoms with Gasteiger partial charge in [0.2, 0.25) is 18.2 Å². The van der Waals surface area contributed by atoms with Crippen molar-refractivity contribution in [1.29, 1.82) is 0 Å². The van der Waals surface area contributed by atoms with E-state index in [9.17, 15) is 24.0 Å². The van der Waals surface area contributed by atoms with E-state index in [-0.39, 0.29) is 37.9 Å². The Morgan fingerprint density at radius 3 is 1.75 bits per heavy atom. The van der Waals surface area contributed by atoms with Crippen molar-refractivity contribution >= 4 is 43.0 Å². The molecule has 0 aliphatic rings. The molecule has 0 heterocycles. The zero-order valence-electron chi connectivity index (χ0n) is 28.9. The van der Waals surface area contributed by atoms with E-state index in [1.165, 1.54) is 14.1 Å². The molecular formula is C30H58N5O8S+. The van der Waals surface area contributed by atoms with Gasteiger partial charge in [0.15, 0.2) is 0 Å². The van der Waals surface area contributed by atoms with Crippen molar-refractivity contribution in [2.24, 2.45) is 0 Å². The molecule has 0 aromatic carbocycles. The fourth-order valence-electron chi connectivity index (χ4n) is 3.74. The number of quaternary nitrogens is 1. The van der Waals surface area contributed by atoms with Crippen LogP contribution in [-0.2, 0) is 28.6 Å². The molecule has 0 aromatic rings. The third-order valence-electron chi connectivity index (χ3n) is 6.36. The van der Waals surface area contributed by atoms with E-state index < -0.39 is 43.8 Å². The lowest BCUT2D eigenvalue weighted by Crippen LogP contribution is -2.60. The fourth-order valence-corrected chi connectivity index (χ4v) is 3.95. The van der Waals surface area contributed by atoms with Gasteiger partial charge in [-0.1, -0.05) is 0 Å². The minimum atomic E-state index is -0.864. The Morgan fingerprint density at radius 2 is 1.25 bits per heavy atom. The molecule has 0 saturated heterocycles. The Hall–Kier alpha value is -2.42. The molecule has 256 valence electrons. The van der Waals surface area contributed by atoms with Crippen molar-refractivity contribution in [2.75, 3.05) is 40.4 Å². The molecule has 14 heteroatoms. The minimum absolute atomic E-state index is 0.0734. The Morgan fingerprint density at radius 1 is 0.750 bits per heavy atom. The first-order chi connectivity index (χ1) is 19.7. The Balaban J connectivity index is 4.73. The second-order valence-electron chi connectivity index (χ2n) is 14.6. The molecule has 0 aromatic heterocycles. The predicted octanol–water partition coefficient (Wildman–Crippen LogP) is 3.26. The summed E-state index contributed by atoms with van der Waals surface area (Å²) in [7, 11) is 2.94. The summed E-state index contributed by atoms with van der Waals surface area (Å²) < 4.78 is 16.7. The molecule has 13 nitrogen and oxygen atoms in total. The number of rotatable bonds is 18. The third-order valence-corrected chi connectivity index (χ3v) is 6.70. The molecule has 0 aliphatic heterocycles. The lowest BCUT2D eigenvalue weighted by Gasteiger charge is -2.33. The number of thiol groups is 1. The van der Waals surface area contributed by atoms with Gasteiger partial charge in [0, 0.05) is 31.7 Å². The summed E-state index contributed by atoms with van der Waals surface area (Å²) in [6.45, 7) is 19.1. The van der Waals surface area contributed by atoms with E-state index in [1.54, 1.807) is 41.5 Å². The largest absolute Gasteiger partial charge is 0.525 e. The zero-order valence-corrected chi connectivity index (χ0v) is 29.8. The molecule has 0 aliphatic carbocycles. The third kappa shape index (κ3) is 18.4. The molecule has 0 rings (SSSR count). The van der Waals surface area contributed by atoms with Gasteiger partial charge in [0.05, 0.1) is 49.6 Å². The normalized spacial score (nSPS) is 14.2. The number of carbonyl (C=O) groups is 5. The summed E-state index contributed by atoms with van der Waals surface area (Å²) >= 11 is 4.60. The number of imide groups is 1. The van der Waals surface area contributed by atoms with E-state index in [0.717, 1.165) is 0 Å². The van der Waals surface area contributed by atoms with Crippen molar-refractivity contribution in [3.8, 4) is 0 Å². The smallest absolute Gasteiger partial charge is 0.414 e. The lowest BCUT2D eigenvalue weighted by atomic mass is 10.0. The monoisotopic (exact) mass is 648 g/mol. The Labute approximate surface area is 269 Å². The summed E-state index contributed by atoms with van der Waals surface area (Å²) in [5, 5.41) is 11.0. The molecule has 6 amide bonds. The average Bonchev–Trinajstić information content (AvgIpc) is 2.78. The summed E-state index contributed by atoms with van der Waals surface area (Å²) in [6.07, 6.45) is 0.945. The number of ether oxygens (including phenoxy) is 3. The molecule has 0 bridgehead atoms. The van der Waals surface area contributed by atoms with Crippen LogP contribution in [0.1, 0.15) is 94.9 Å². The van der Waals surface area contributed by atoms with Crippen molar-refractivity contribution in [1.82, 2.24) is 21.3 Å². The first-order valence-electron chi connectivity index (χ1n) is 14.9. The topological polar surface area (TPSA) is 161 Å². The molecule has 1 atom stereocenters. The van der Waals surface area contributed by atoms with Gasteiger partial charge in [-0.05, 0) is 75.7 Å². The van der Waals surface area contributed by atoms with Gasteiger partial charge in [0.1, 0.15) is 5.60 Å². The van der Waals surface area contributed by atoms with Gasteiger partial charge in [0.25, 0.3) is 0 Å². The van der Waals surface area contributed by atoms with Crippen LogP contribution in [0.5, 0.6) is 0 Å². The second-order valence-corrected chi connectivity index (χ2v) is 15.5. The minimum Gasteiger partial charge on any atom is -0.414 e. The molecule has 1 unspecified atom stereocenters. The summed E-state index contributed by atoms with van der Waals surface area (Å²) in [5.74, 6) is -0.444. The summed E-state index contributed by atoms with van der Waals surface area (Å²) in [4.78, 5) is 59.8. The number of carbonyl (C=O) groups excluding carboxylic acids is 5. The van der Waals surface area contributed by atoms with E-state index in [2.05, 4.69) is 33.9 Å². The molecule has 0 radical (unpaired) electrons. The zero-order chi connectivity index (χ0) is 34.6. The fraction of sp³-hybridized carbons (Fsp3) is 0.833. The van der Waals surface area contributed by atoms with Gasteiger partial charge < -0.3 is 35.5 Å². The summed E-state index contributed by atoms with van der Waals surface area (Å²) in [6, 6.07) is -0.504. The maximum Gasteiger partial charge on any atom is 0.525 e. The molecule has 44 heavy (non-hydrogen) atoms. The van der Waals surface area contributed by atoms with Crippen LogP contribution in [-0.4, -0.2) is 102 Å². The summed E-state index contributed by atoms with van der Waals surface area (Å²) in [5.41, 5.74) is -2.95. The SMILES string of the molecule is CC(C)(CCOC(C)(C)CC(=O)NC(C)(S)CCOC(C)(C)CC(=O)NCCNC=O)NC(=O)[N+](C)(C)C(=O)OC(C)(C)C. The standard InChI is InChI=1S/C30H57N5O8S/c1-26(2,3)43-25(40)35(11,12)24(39)34-27(4,5)13-17-41-29(8,9)20-23(38)33-30(10,44)14-18-42-28(6,7)19-22(37)32-16-15-31-21-36/h21H,13-20H2,1-12H3,(H4-,31,32,33,34,36,37,38,39,44)/p+1. The van der Waals surface area contributed by atoms with E-state index in [0.29, 0.717) is 32.3 Å². The van der Waals surface area contributed by atoms with E-state index in [1.807, 2.05) is 27.7 Å². The number of nitrogens with zero attached hydrogens (tertiary/aromatic N) is 1. The van der Waals surface area contributed by atoms with Gasteiger partial charge in [-0.2, -0.15) is 17.4 Å². The van der Waals surface area contributed by atoms with Crippen LogP contribution in [0.4, 0.5) is 9.59 Å². The van der Waals surface area contributed by atoms with Crippen LogP contribution in [0.2, 0.25) is 0 Å². The van der Waals surface area contributed by atoms with Crippen molar-refractivity contribution in [2.45, 2.75) is 122 Å². The van der Waals surface area contributed by atoms with Crippen molar-refractivity contribution in [3.63, 3.8) is 0 Å². The van der Waals surface area contributed by atoms with Gasteiger partial charge in [-0.25, -0.2) is 4.79 Å². The van der Waals surface area contributed by atoms with Crippen LogP contribution in [0.3, 0.4) is 0 Å².